The SMILES string of the molecule is CN(CCCNC(=O)COC(=O)/C=C/c1nc2ccccc2o1)c1ccccc1. The highest BCUT2D eigenvalue weighted by molar-refractivity contribution is 5.89. The van der Waals surface area contributed by atoms with Crippen LogP contribution in [0.4, 0.5) is 5.69 Å². The minimum Gasteiger partial charge on any atom is -0.452 e. The van der Waals surface area contributed by atoms with Crippen LogP contribution in [0.1, 0.15) is 12.3 Å². The maximum absolute atomic E-state index is 11.8. The lowest BCUT2D eigenvalue weighted by molar-refractivity contribution is -0.143. The Labute approximate surface area is 169 Å². The lowest BCUT2D eigenvalue weighted by Gasteiger charge is -2.19. The Morgan fingerprint density at radius 2 is 1.90 bits per heavy atom. The number of carbonyl (C=O) groups excluding carboxylic acids is 2. The molecule has 0 aliphatic rings. The fourth-order valence-electron chi connectivity index (χ4n) is 2.69. The molecule has 7 heteroatoms. The van der Waals surface area contributed by atoms with Crippen LogP contribution in [-0.2, 0) is 14.3 Å². The molecule has 0 bridgehead atoms. The highest BCUT2D eigenvalue weighted by atomic mass is 16.5. The van der Waals surface area contributed by atoms with Crippen molar-refractivity contribution in [3.8, 4) is 0 Å². The van der Waals surface area contributed by atoms with Crippen molar-refractivity contribution in [3.63, 3.8) is 0 Å². The summed E-state index contributed by atoms with van der Waals surface area (Å²) in [6.45, 7) is 0.981. The van der Waals surface area contributed by atoms with Crippen molar-refractivity contribution in [2.75, 3.05) is 31.6 Å². The number of amides is 1. The van der Waals surface area contributed by atoms with Crippen LogP contribution >= 0.6 is 0 Å². The summed E-state index contributed by atoms with van der Waals surface area (Å²) in [5.41, 5.74) is 2.47. The first kappa shape index (κ1) is 20.1. The highest BCUT2D eigenvalue weighted by Crippen LogP contribution is 2.15. The second-order valence-electron chi connectivity index (χ2n) is 6.42. The number of carbonyl (C=O) groups is 2. The number of para-hydroxylation sites is 3. The first-order valence-corrected chi connectivity index (χ1v) is 9.35. The van der Waals surface area contributed by atoms with Crippen molar-refractivity contribution in [1.82, 2.24) is 10.3 Å². The average Bonchev–Trinajstić information content (AvgIpc) is 3.17. The van der Waals surface area contributed by atoms with E-state index in [0.717, 1.165) is 18.7 Å². The number of rotatable bonds is 9. The van der Waals surface area contributed by atoms with E-state index in [0.29, 0.717) is 23.5 Å². The van der Waals surface area contributed by atoms with Gasteiger partial charge in [0.2, 0.25) is 5.89 Å². The molecule has 0 fully saturated rings. The number of aromatic nitrogens is 1. The van der Waals surface area contributed by atoms with E-state index < -0.39 is 5.97 Å². The number of fused-ring (bicyclic) bond motifs is 1. The summed E-state index contributed by atoms with van der Waals surface area (Å²) >= 11 is 0. The fraction of sp³-hybridized carbons (Fsp3) is 0.227. The first-order chi connectivity index (χ1) is 14.1. The normalized spacial score (nSPS) is 10.9. The standard InChI is InChI=1S/C22H23N3O4/c1-25(17-8-3-2-4-9-17)15-7-14-23-20(26)16-28-22(27)13-12-21-24-18-10-5-6-11-19(18)29-21/h2-6,8-13H,7,14-16H2,1H3,(H,23,26)/b13-12+. The number of esters is 1. The van der Waals surface area contributed by atoms with Crippen LogP contribution in [0, 0.1) is 0 Å². The van der Waals surface area contributed by atoms with Gasteiger partial charge in [-0.05, 0) is 30.7 Å². The van der Waals surface area contributed by atoms with Gasteiger partial charge in [0.1, 0.15) is 5.52 Å². The zero-order valence-corrected chi connectivity index (χ0v) is 16.2. The van der Waals surface area contributed by atoms with E-state index in [9.17, 15) is 9.59 Å². The number of nitrogens with zero attached hydrogens (tertiary/aromatic N) is 2. The number of hydrogen-bond donors (Lipinski definition) is 1. The lowest BCUT2D eigenvalue weighted by Crippen LogP contribution is -2.31. The Morgan fingerprint density at radius 3 is 2.69 bits per heavy atom. The molecule has 1 N–H and O–H groups in total. The topological polar surface area (TPSA) is 84.7 Å². The van der Waals surface area contributed by atoms with Crippen LogP contribution in [-0.4, -0.2) is 43.6 Å². The molecule has 7 nitrogen and oxygen atoms in total. The van der Waals surface area contributed by atoms with Gasteiger partial charge in [0.15, 0.2) is 12.2 Å². The zero-order valence-electron chi connectivity index (χ0n) is 16.2. The Hall–Kier alpha value is -3.61. The van der Waals surface area contributed by atoms with Crippen molar-refractivity contribution in [2.45, 2.75) is 6.42 Å². The van der Waals surface area contributed by atoms with E-state index in [1.165, 1.54) is 12.2 Å². The molecule has 1 aromatic heterocycles. The molecule has 0 atom stereocenters. The fourth-order valence-corrected chi connectivity index (χ4v) is 2.69. The predicted octanol–water partition coefficient (Wildman–Crippen LogP) is 3.03. The summed E-state index contributed by atoms with van der Waals surface area (Å²) in [5, 5.41) is 2.74. The molecule has 1 amide bonds. The van der Waals surface area contributed by atoms with Gasteiger partial charge in [0.05, 0.1) is 0 Å². The minimum atomic E-state index is -0.633. The van der Waals surface area contributed by atoms with E-state index in [1.54, 1.807) is 6.07 Å². The third-order valence-electron chi connectivity index (χ3n) is 4.21. The number of nitrogens with one attached hydrogen (secondary N) is 1. The molecule has 0 saturated carbocycles. The molecule has 0 aliphatic heterocycles. The first-order valence-electron chi connectivity index (χ1n) is 9.35. The summed E-state index contributed by atoms with van der Waals surface area (Å²) < 4.78 is 10.4. The monoisotopic (exact) mass is 393 g/mol. The molecular formula is C22H23N3O4. The molecule has 150 valence electrons. The molecule has 0 spiro atoms. The smallest absolute Gasteiger partial charge is 0.331 e. The van der Waals surface area contributed by atoms with Gasteiger partial charge in [-0.25, -0.2) is 9.78 Å². The Bertz CT molecular complexity index is 949. The molecule has 0 radical (unpaired) electrons. The van der Waals surface area contributed by atoms with Crippen molar-refractivity contribution in [2.24, 2.45) is 0 Å². The van der Waals surface area contributed by atoms with Crippen LogP contribution in [0.3, 0.4) is 0 Å². The van der Waals surface area contributed by atoms with E-state index in [4.69, 9.17) is 9.15 Å². The van der Waals surface area contributed by atoms with Gasteiger partial charge in [-0.2, -0.15) is 0 Å². The van der Waals surface area contributed by atoms with Crippen molar-refractivity contribution >= 4 is 34.7 Å². The molecule has 0 unspecified atom stereocenters. The number of benzene rings is 2. The zero-order chi connectivity index (χ0) is 20.5. The highest BCUT2D eigenvalue weighted by Gasteiger charge is 2.07. The van der Waals surface area contributed by atoms with Crippen molar-refractivity contribution < 1.29 is 18.7 Å². The second-order valence-corrected chi connectivity index (χ2v) is 6.42. The van der Waals surface area contributed by atoms with Gasteiger partial charge in [-0.3, -0.25) is 4.79 Å². The molecule has 2 aromatic carbocycles. The Kier molecular flexibility index (Phi) is 7.00. The van der Waals surface area contributed by atoms with Gasteiger partial charge < -0.3 is 19.4 Å². The van der Waals surface area contributed by atoms with E-state index in [1.807, 2.05) is 55.6 Å². The van der Waals surface area contributed by atoms with E-state index in [2.05, 4.69) is 15.2 Å². The summed E-state index contributed by atoms with van der Waals surface area (Å²) in [5.74, 6) is -0.669. The number of ether oxygens (including phenoxy) is 1. The Morgan fingerprint density at radius 1 is 1.14 bits per heavy atom. The molecule has 3 aromatic rings. The van der Waals surface area contributed by atoms with Crippen LogP contribution in [0.5, 0.6) is 0 Å². The summed E-state index contributed by atoms with van der Waals surface area (Å²) in [6.07, 6.45) is 3.38. The molecule has 1 heterocycles. The maximum atomic E-state index is 11.8. The summed E-state index contributed by atoms with van der Waals surface area (Å²) in [6, 6.07) is 17.3. The molecule has 0 saturated heterocycles. The quantitative estimate of drug-likeness (QED) is 0.342. The van der Waals surface area contributed by atoms with Crippen LogP contribution in [0.2, 0.25) is 0 Å². The summed E-state index contributed by atoms with van der Waals surface area (Å²) in [7, 11) is 2.00. The maximum Gasteiger partial charge on any atom is 0.331 e. The second kappa shape index (κ2) is 10.1. The van der Waals surface area contributed by atoms with Crippen LogP contribution < -0.4 is 10.2 Å². The molecule has 0 aliphatic carbocycles. The third-order valence-corrected chi connectivity index (χ3v) is 4.21. The molecule has 29 heavy (non-hydrogen) atoms. The minimum absolute atomic E-state index is 0.301. The lowest BCUT2D eigenvalue weighted by atomic mass is 10.3. The van der Waals surface area contributed by atoms with E-state index in [-0.39, 0.29) is 12.5 Å². The average molecular weight is 393 g/mol. The van der Waals surface area contributed by atoms with E-state index >= 15 is 0 Å². The van der Waals surface area contributed by atoms with Crippen LogP contribution in [0.25, 0.3) is 17.2 Å². The largest absolute Gasteiger partial charge is 0.452 e. The molecular weight excluding hydrogens is 370 g/mol. The van der Waals surface area contributed by atoms with Gasteiger partial charge in [0, 0.05) is 38.0 Å². The predicted molar refractivity (Wildman–Crippen MR) is 111 cm³/mol. The van der Waals surface area contributed by atoms with Crippen molar-refractivity contribution in [1.29, 1.82) is 0 Å². The summed E-state index contributed by atoms with van der Waals surface area (Å²) in [4.78, 5) is 29.9. The molecule has 3 rings (SSSR count). The van der Waals surface area contributed by atoms with Gasteiger partial charge >= 0.3 is 5.97 Å². The van der Waals surface area contributed by atoms with Crippen LogP contribution in [0.15, 0.2) is 65.1 Å². The third kappa shape index (κ3) is 6.21. The van der Waals surface area contributed by atoms with Crippen molar-refractivity contribution in [3.05, 3.63) is 66.6 Å². The number of anilines is 1. The van der Waals surface area contributed by atoms with Gasteiger partial charge in [0.25, 0.3) is 5.91 Å². The van der Waals surface area contributed by atoms with Gasteiger partial charge in [-0.1, -0.05) is 30.3 Å². The number of oxazole rings is 1. The van der Waals surface area contributed by atoms with Gasteiger partial charge in [-0.15, -0.1) is 0 Å². The number of hydrogen-bond acceptors (Lipinski definition) is 6. The Balaban J connectivity index is 1.33.